The number of benzene rings is 2. The van der Waals surface area contributed by atoms with E-state index in [1.165, 1.54) is 6.07 Å². The van der Waals surface area contributed by atoms with Crippen molar-refractivity contribution in [3.8, 4) is 0 Å². The van der Waals surface area contributed by atoms with Crippen LogP contribution in [0.3, 0.4) is 0 Å². The van der Waals surface area contributed by atoms with Crippen molar-refractivity contribution in [1.29, 1.82) is 0 Å². The summed E-state index contributed by atoms with van der Waals surface area (Å²) >= 11 is 7.34. The highest BCUT2D eigenvalue weighted by Gasteiger charge is 2.42. The SMILES string of the molecule is Cc1cc(S(=O)(=O)N2c3ccccc3NC(=O)[C@H]2CC(=O)NCCC2CCN(C(=O)c3snnc3C)CC2)c(C)cc1Cl. The first-order chi connectivity index (χ1) is 20.5. The number of aryl methyl sites for hydroxylation is 3. The van der Waals surface area contributed by atoms with Gasteiger partial charge < -0.3 is 15.5 Å². The second-order valence-corrected chi connectivity index (χ2v) is 13.9. The fourth-order valence-corrected chi connectivity index (χ4v) is 8.30. The average molecular weight is 645 g/mol. The molecular weight excluding hydrogens is 612 g/mol. The molecule has 0 spiro atoms. The molecule has 1 atom stereocenters. The zero-order chi connectivity index (χ0) is 30.9. The highest BCUT2D eigenvalue weighted by molar-refractivity contribution is 7.93. The molecule has 11 nitrogen and oxygen atoms in total. The molecular formula is C29H33ClN6O5S2. The molecule has 2 N–H and O–H groups in total. The van der Waals surface area contributed by atoms with Crippen molar-refractivity contribution in [2.75, 3.05) is 29.3 Å². The zero-order valence-electron chi connectivity index (χ0n) is 24.1. The van der Waals surface area contributed by atoms with Crippen LogP contribution in [0.25, 0.3) is 0 Å². The normalized spacial score (nSPS) is 17.4. The summed E-state index contributed by atoms with van der Waals surface area (Å²) in [4.78, 5) is 41.5. The van der Waals surface area contributed by atoms with Crippen molar-refractivity contribution in [1.82, 2.24) is 19.8 Å². The molecule has 0 aliphatic carbocycles. The molecule has 3 amide bonds. The number of halogens is 1. The van der Waals surface area contributed by atoms with Crippen LogP contribution in [-0.4, -0.2) is 66.3 Å². The molecule has 1 aromatic heterocycles. The Labute approximate surface area is 259 Å². The summed E-state index contributed by atoms with van der Waals surface area (Å²) in [7, 11) is -4.25. The number of piperidine rings is 1. The Balaban J connectivity index is 1.24. The maximum absolute atomic E-state index is 14.1. The number of carbonyl (C=O) groups is 3. The molecule has 2 aliphatic rings. The first-order valence-electron chi connectivity index (χ1n) is 14.0. The highest BCUT2D eigenvalue weighted by Crippen LogP contribution is 2.38. The van der Waals surface area contributed by atoms with Gasteiger partial charge in [0, 0.05) is 24.7 Å². The lowest BCUT2D eigenvalue weighted by atomic mass is 9.93. The molecule has 2 aromatic carbocycles. The summed E-state index contributed by atoms with van der Waals surface area (Å²) in [5.41, 5.74) is 2.30. The number of rotatable bonds is 8. The first-order valence-corrected chi connectivity index (χ1v) is 16.6. The van der Waals surface area contributed by atoms with Crippen molar-refractivity contribution >= 4 is 62.3 Å². The number of sulfonamides is 1. The number of anilines is 2. The van der Waals surface area contributed by atoms with E-state index in [4.69, 9.17) is 11.6 Å². The lowest BCUT2D eigenvalue weighted by Crippen LogP contribution is -2.53. The van der Waals surface area contributed by atoms with Gasteiger partial charge in [0.1, 0.15) is 10.9 Å². The minimum Gasteiger partial charge on any atom is -0.356 e. The van der Waals surface area contributed by atoms with E-state index < -0.39 is 27.9 Å². The van der Waals surface area contributed by atoms with Gasteiger partial charge in [0.25, 0.3) is 15.9 Å². The molecule has 43 heavy (non-hydrogen) atoms. The Morgan fingerprint density at radius 1 is 1.12 bits per heavy atom. The molecule has 3 aromatic rings. The number of likely N-dealkylation sites (tertiary alicyclic amines) is 1. The van der Waals surface area contributed by atoms with Gasteiger partial charge >= 0.3 is 0 Å². The van der Waals surface area contributed by atoms with Crippen LogP contribution in [-0.2, 0) is 19.6 Å². The van der Waals surface area contributed by atoms with E-state index in [1.54, 1.807) is 51.1 Å². The van der Waals surface area contributed by atoms with E-state index in [2.05, 4.69) is 20.2 Å². The number of hydrogen-bond donors (Lipinski definition) is 2. The number of amides is 3. The monoisotopic (exact) mass is 644 g/mol. The summed E-state index contributed by atoms with van der Waals surface area (Å²) in [5.74, 6) is -0.730. The van der Waals surface area contributed by atoms with Crippen LogP contribution in [0, 0.1) is 26.7 Å². The van der Waals surface area contributed by atoms with Crippen LogP contribution in [0.5, 0.6) is 0 Å². The second kappa shape index (κ2) is 12.6. The molecule has 2 aliphatic heterocycles. The predicted octanol–water partition coefficient (Wildman–Crippen LogP) is 4.08. The van der Waals surface area contributed by atoms with Gasteiger partial charge in [-0.05, 0) is 92.9 Å². The fraction of sp³-hybridized carbons (Fsp3) is 0.414. The maximum atomic E-state index is 14.1. The van der Waals surface area contributed by atoms with Crippen molar-refractivity contribution in [3.05, 3.63) is 63.1 Å². The van der Waals surface area contributed by atoms with Crippen LogP contribution in [0.15, 0.2) is 41.3 Å². The highest BCUT2D eigenvalue weighted by atomic mass is 35.5. The minimum absolute atomic E-state index is 0.0240. The summed E-state index contributed by atoms with van der Waals surface area (Å²) in [6.07, 6.45) is 1.97. The standard InChI is InChI=1S/C29H33ClN6O5S2/c1-17-15-25(18(2)14-21(17)30)43(40,41)36-23-7-5-4-6-22(23)32-28(38)24(36)16-26(37)31-11-8-20-9-12-35(13-10-20)29(39)27-19(3)33-34-42-27/h4-7,14-15,20,24H,8-13,16H2,1-3H3,(H,31,37)(H,32,38)/t24-/m1/s1. The van der Waals surface area contributed by atoms with E-state index in [0.29, 0.717) is 64.4 Å². The summed E-state index contributed by atoms with van der Waals surface area (Å²) in [6, 6.07) is 8.41. The number of hydrogen-bond acceptors (Lipinski definition) is 8. The predicted molar refractivity (Wildman–Crippen MR) is 165 cm³/mol. The van der Waals surface area contributed by atoms with Gasteiger partial charge in [-0.15, -0.1) is 5.10 Å². The molecule has 0 unspecified atom stereocenters. The summed E-state index contributed by atoms with van der Waals surface area (Å²) in [6.45, 7) is 6.75. The number of nitrogens with one attached hydrogen (secondary N) is 2. The average Bonchev–Trinajstić information content (AvgIpc) is 3.40. The third-order valence-electron chi connectivity index (χ3n) is 7.98. The molecule has 1 saturated heterocycles. The van der Waals surface area contributed by atoms with Crippen molar-refractivity contribution in [2.45, 2.75) is 57.4 Å². The van der Waals surface area contributed by atoms with E-state index in [-0.39, 0.29) is 22.9 Å². The molecule has 228 valence electrons. The molecule has 0 radical (unpaired) electrons. The largest absolute Gasteiger partial charge is 0.356 e. The molecule has 3 heterocycles. The van der Waals surface area contributed by atoms with Gasteiger partial charge in [0.05, 0.1) is 28.4 Å². The van der Waals surface area contributed by atoms with Gasteiger partial charge in [-0.25, -0.2) is 8.42 Å². The summed E-state index contributed by atoms with van der Waals surface area (Å²) < 4.78 is 33.1. The van der Waals surface area contributed by atoms with Crippen molar-refractivity contribution in [3.63, 3.8) is 0 Å². The quantitative estimate of drug-likeness (QED) is 0.376. The maximum Gasteiger partial charge on any atom is 0.267 e. The lowest BCUT2D eigenvalue weighted by Gasteiger charge is -2.37. The number of nitrogens with zero attached hydrogens (tertiary/aromatic N) is 4. The van der Waals surface area contributed by atoms with E-state index in [1.807, 2.05) is 4.90 Å². The second-order valence-electron chi connectivity index (χ2n) is 11.0. The molecule has 0 bridgehead atoms. The van der Waals surface area contributed by atoms with Crippen LogP contribution in [0.2, 0.25) is 5.02 Å². The number of aromatic nitrogens is 2. The van der Waals surface area contributed by atoms with E-state index in [9.17, 15) is 22.8 Å². The smallest absolute Gasteiger partial charge is 0.267 e. The topological polar surface area (TPSA) is 142 Å². The minimum atomic E-state index is -4.25. The molecule has 5 rings (SSSR count). The first kappa shape index (κ1) is 30.9. The van der Waals surface area contributed by atoms with Crippen LogP contribution >= 0.6 is 23.1 Å². The number of para-hydroxylation sites is 2. The molecule has 1 fully saturated rings. The Kier molecular flexibility index (Phi) is 9.04. The van der Waals surface area contributed by atoms with Gasteiger partial charge in [0.15, 0.2) is 0 Å². The third-order valence-corrected chi connectivity index (χ3v) is 11.2. The van der Waals surface area contributed by atoms with Gasteiger partial charge in [0.2, 0.25) is 11.8 Å². The number of carbonyl (C=O) groups excluding carboxylic acids is 3. The third kappa shape index (κ3) is 6.38. The van der Waals surface area contributed by atoms with E-state index >= 15 is 0 Å². The molecule has 14 heteroatoms. The van der Waals surface area contributed by atoms with Gasteiger partial charge in [-0.3, -0.25) is 18.7 Å². The van der Waals surface area contributed by atoms with Crippen LogP contribution in [0.4, 0.5) is 11.4 Å². The van der Waals surface area contributed by atoms with Crippen LogP contribution in [0.1, 0.15) is 52.2 Å². The Hall–Kier alpha value is -3.55. The zero-order valence-corrected chi connectivity index (χ0v) is 26.5. The lowest BCUT2D eigenvalue weighted by molar-refractivity contribution is -0.125. The number of fused-ring (bicyclic) bond motifs is 1. The van der Waals surface area contributed by atoms with Crippen molar-refractivity contribution < 1.29 is 22.8 Å². The Morgan fingerprint density at radius 3 is 2.53 bits per heavy atom. The fourth-order valence-electron chi connectivity index (χ4n) is 5.53. The molecule has 0 saturated carbocycles. The van der Waals surface area contributed by atoms with Crippen LogP contribution < -0.4 is 14.9 Å². The Bertz CT molecular complexity index is 1670. The van der Waals surface area contributed by atoms with E-state index in [0.717, 1.165) is 28.7 Å². The van der Waals surface area contributed by atoms with Gasteiger partial charge in [-0.2, -0.15) is 0 Å². The summed E-state index contributed by atoms with van der Waals surface area (Å²) in [5, 5.41) is 9.98. The Morgan fingerprint density at radius 2 is 1.84 bits per heavy atom. The van der Waals surface area contributed by atoms with Gasteiger partial charge in [-0.1, -0.05) is 28.2 Å². The van der Waals surface area contributed by atoms with Crippen molar-refractivity contribution in [2.24, 2.45) is 5.92 Å².